The highest BCUT2D eigenvalue weighted by Gasteiger charge is 2.22. The van der Waals surface area contributed by atoms with Gasteiger partial charge in [-0.3, -0.25) is 9.36 Å². The smallest absolute Gasteiger partial charge is 0.348 e. The molecule has 1 aromatic rings. The van der Waals surface area contributed by atoms with Crippen LogP contribution in [0, 0.1) is 13.8 Å². The molecule has 20 heavy (non-hydrogen) atoms. The molecule has 1 aromatic heterocycles. The molecule has 0 spiro atoms. The number of hydrogen-bond acceptors (Lipinski definition) is 4. The lowest BCUT2D eigenvalue weighted by molar-refractivity contribution is -0.138. The molecule has 8 nitrogen and oxygen atoms in total. The van der Waals surface area contributed by atoms with Crippen molar-refractivity contribution in [2.75, 3.05) is 6.54 Å². The van der Waals surface area contributed by atoms with E-state index in [1.165, 1.54) is 11.5 Å². The number of urea groups is 1. The highest BCUT2D eigenvalue weighted by atomic mass is 16.4. The molecule has 0 fully saturated rings. The summed E-state index contributed by atoms with van der Waals surface area (Å²) in [4.78, 5) is 37.4. The SMILES string of the molecule is Cc1nc(=O)n(CCNC(N)=O)c(C)c1C(C)C(=O)O. The number of amides is 2. The van der Waals surface area contributed by atoms with Crippen molar-refractivity contribution in [3.8, 4) is 0 Å². The summed E-state index contributed by atoms with van der Waals surface area (Å²) in [5.41, 5.74) is 5.91. The van der Waals surface area contributed by atoms with Gasteiger partial charge in [-0.25, -0.2) is 9.59 Å². The average molecular weight is 282 g/mol. The largest absolute Gasteiger partial charge is 0.481 e. The Bertz CT molecular complexity index is 594. The van der Waals surface area contributed by atoms with Crippen LogP contribution in [-0.2, 0) is 11.3 Å². The average Bonchev–Trinajstić information content (AvgIpc) is 2.32. The van der Waals surface area contributed by atoms with Crippen molar-refractivity contribution >= 4 is 12.0 Å². The van der Waals surface area contributed by atoms with E-state index >= 15 is 0 Å². The maximum atomic E-state index is 11.8. The third-order valence-electron chi connectivity index (χ3n) is 3.12. The summed E-state index contributed by atoms with van der Waals surface area (Å²) < 4.78 is 1.33. The topological polar surface area (TPSA) is 127 Å². The highest BCUT2D eigenvalue weighted by molar-refractivity contribution is 5.76. The summed E-state index contributed by atoms with van der Waals surface area (Å²) in [6, 6.07) is -0.685. The molecule has 0 aliphatic heterocycles. The first-order valence-corrected chi connectivity index (χ1v) is 6.09. The summed E-state index contributed by atoms with van der Waals surface area (Å²) in [7, 11) is 0. The standard InChI is InChI=1S/C12H18N4O4/c1-6(10(17)18)9-7(2)15-12(20)16(8(9)3)5-4-14-11(13)19/h6H,4-5H2,1-3H3,(H,17,18)(H3,13,14,19). The molecule has 1 atom stereocenters. The maximum Gasteiger partial charge on any atom is 0.348 e. The van der Waals surface area contributed by atoms with Crippen LogP contribution in [-0.4, -0.2) is 33.2 Å². The van der Waals surface area contributed by atoms with Crippen molar-refractivity contribution in [2.24, 2.45) is 5.73 Å². The molecule has 2 amide bonds. The molecular formula is C12H18N4O4. The number of hydrogen-bond donors (Lipinski definition) is 3. The maximum absolute atomic E-state index is 11.8. The van der Waals surface area contributed by atoms with Gasteiger partial charge in [0, 0.05) is 30.0 Å². The Morgan fingerprint density at radius 1 is 1.45 bits per heavy atom. The van der Waals surface area contributed by atoms with Crippen LogP contribution in [0.1, 0.15) is 29.8 Å². The van der Waals surface area contributed by atoms with Crippen LogP contribution in [0.3, 0.4) is 0 Å². The fourth-order valence-corrected chi connectivity index (χ4v) is 2.12. The van der Waals surface area contributed by atoms with Gasteiger partial charge in [0.2, 0.25) is 0 Å². The van der Waals surface area contributed by atoms with Gasteiger partial charge >= 0.3 is 17.7 Å². The number of aromatic nitrogens is 2. The van der Waals surface area contributed by atoms with E-state index in [0.717, 1.165) is 0 Å². The summed E-state index contributed by atoms with van der Waals surface area (Å²) >= 11 is 0. The first kappa shape index (κ1) is 15.7. The van der Waals surface area contributed by atoms with Crippen LogP contribution in [0.15, 0.2) is 4.79 Å². The Balaban J connectivity index is 3.19. The van der Waals surface area contributed by atoms with Crippen molar-refractivity contribution < 1.29 is 14.7 Å². The van der Waals surface area contributed by atoms with Gasteiger partial charge in [-0.1, -0.05) is 0 Å². The van der Waals surface area contributed by atoms with Crippen LogP contribution in [0.25, 0.3) is 0 Å². The van der Waals surface area contributed by atoms with E-state index in [9.17, 15) is 14.4 Å². The van der Waals surface area contributed by atoms with Crippen molar-refractivity contribution in [1.82, 2.24) is 14.9 Å². The minimum Gasteiger partial charge on any atom is -0.481 e. The minimum absolute atomic E-state index is 0.168. The minimum atomic E-state index is -0.988. The van der Waals surface area contributed by atoms with Gasteiger partial charge in [-0.15, -0.1) is 0 Å². The van der Waals surface area contributed by atoms with Crippen LogP contribution >= 0.6 is 0 Å². The lowest BCUT2D eigenvalue weighted by Gasteiger charge is -2.17. The number of carbonyl (C=O) groups is 2. The van der Waals surface area contributed by atoms with Crippen LogP contribution < -0.4 is 16.7 Å². The summed E-state index contributed by atoms with van der Waals surface area (Å²) in [6.07, 6.45) is 0. The second kappa shape index (κ2) is 6.18. The molecule has 1 unspecified atom stereocenters. The number of nitrogens with zero attached hydrogens (tertiary/aromatic N) is 2. The van der Waals surface area contributed by atoms with Crippen molar-refractivity contribution in [3.05, 3.63) is 27.4 Å². The van der Waals surface area contributed by atoms with Gasteiger partial charge in [-0.2, -0.15) is 4.98 Å². The van der Waals surface area contributed by atoms with Crippen molar-refractivity contribution in [1.29, 1.82) is 0 Å². The van der Waals surface area contributed by atoms with Gasteiger partial charge in [0.1, 0.15) is 0 Å². The second-order valence-corrected chi connectivity index (χ2v) is 4.48. The summed E-state index contributed by atoms with van der Waals surface area (Å²) in [5, 5.41) is 11.5. The zero-order valence-corrected chi connectivity index (χ0v) is 11.6. The van der Waals surface area contributed by atoms with Crippen LogP contribution in [0.5, 0.6) is 0 Å². The lowest BCUT2D eigenvalue weighted by atomic mass is 9.98. The number of carboxylic acid groups (broad SMARTS) is 1. The number of aliphatic carboxylic acids is 1. The molecule has 0 aromatic carbocycles. The molecule has 1 rings (SSSR count). The number of rotatable bonds is 5. The molecule has 8 heteroatoms. The predicted molar refractivity (Wildman–Crippen MR) is 71.6 cm³/mol. The van der Waals surface area contributed by atoms with Crippen LogP contribution in [0.2, 0.25) is 0 Å². The van der Waals surface area contributed by atoms with Crippen molar-refractivity contribution in [2.45, 2.75) is 33.2 Å². The molecule has 0 aliphatic rings. The monoisotopic (exact) mass is 282 g/mol. The molecule has 110 valence electrons. The van der Waals surface area contributed by atoms with E-state index in [1.54, 1.807) is 13.8 Å². The molecule has 4 N–H and O–H groups in total. The number of nitrogens with one attached hydrogen (secondary N) is 1. The first-order chi connectivity index (χ1) is 9.25. The zero-order valence-electron chi connectivity index (χ0n) is 11.6. The molecule has 1 heterocycles. The number of carboxylic acids is 1. The molecule has 0 saturated heterocycles. The number of aryl methyl sites for hydroxylation is 1. The number of carbonyl (C=O) groups excluding carboxylic acids is 1. The number of nitrogens with two attached hydrogens (primary N) is 1. The van der Waals surface area contributed by atoms with Gasteiger partial charge in [0.25, 0.3) is 0 Å². The second-order valence-electron chi connectivity index (χ2n) is 4.48. The molecule has 0 aliphatic carbocycles. The summed E-state index contributed by atoms with van der Waals surface area (Å²) in [6.45, 7) is 5.15. The Hall–Kier alpha value is -2.38. The molecule has 0 saturated carbocycles. The highest BCUT2D eigenvalue weighted by Crippen LogP contribution is 2.21. The van der Waals surface area contributed by atoms with Gasteiger partial charge in [0.15, 0.2) is 0 Å². The Labute approximate surface area is 115 Å². The van der Waals surface area contributed by atoms with Gasteiger partial charge in [-0.05, 0) is 20.8 Å². The number of primary amides is 1. The van der Waals surface area contributed by atoms with E-state index in [-0.39, 0.29) is 13.1 Å². The van der Waals surface area contributed by atoms with E-state index < -0.39 is 23.6 Å². The Morgan fingerprint density at radius 2 is 2.05 bits per heavy atom. The van der Waals surface area contributed by atoms with E-state index in [0.29, 0.717) is 17.0 Å². The van der Waals surface area contributed by atoms with Gasteiger partial charge in [0.05, 0.1) is 5.92 Å². The zero-order chi connectivity index (χ0) is 15.4. The van der Waals surface area contributed by atoms with Crippen molar-refractivity contribution in [3.63, 3.8) is 0 Å². The van der Waals surface area contributed by atoms with E-state index in [2.05, 4.69) is 10.3 Å². The third-order valence-corrected chi connectivity index (χ3v) is 3.12. The lowest BCUT2D eigenvalue weighted by Crippen LogP contribution is -2.36. The Morgan fingerprint density at radius 3 is 2.55 bits per heavy atom. The third kappa shape index (κ3) is 3.34. The first-order valence-electron chi connectivity index (χ1n) is 6.09. The predicted octanol–water partition coefficient (Wildman–Crippen LogP) is -0.283. The summed E-state index contributed by atoms with van der Waals surface area (Å²) in [5.74, 6) is -1.75. The molecule has 0 bridgehead atoms. The Kier molecular flexibility index (Phi) is 4.84. The van der Waals surface area contributed by atoms with Gasteiger partial charge < -0.3 is 16.2 Å². The molecule has 0 radical (unpaired) electrons. The van der Waals surface area contributed by atoms with E-state index in [1.807, 2.05) is 0 Å². The normalized spacial score (nSPS) is 11.9. The quantitative estimate of drug-likeness (QED) is 0.684. The van der Waals surface area contributed by atoms with E-state index in [4.69, 9.17) is 10.8 Å². The fourth-order valence-electron chi connectivity index (χ4n) is 2.12. The molecular weight excluding hydrogens is 264 g/mol. The van der Waals surface area contributed by atoms with Crippen LogP contribution in [0.4, 0.5) is 4.79 Å². The fraction of sp³-hybridized carbons (Fsp3) is 0.500.